The molecule has 0 spiro atoms. The summed E-state index contributed by atoms with van der Waals surface area (Å²) in [5.74, 6) is -1.18. The lowest BCUT2D eigenvalue weighted by molar-refractivity contribution is -0.140. The molecule has 0 aromatic heterocycles. The highest BCUT2D eigenvalue weighted by Gasteiger charge is 2.47. The number of benzene rings is 1. The fourth-order valence-corrected chi connectivity index (χ4v) is 3.77. The first-order valence-corrected chi connectivity index (χ1v) is 8.98. The molecule has 0 unspecified atom stereocenters. The van der Waals surface area contributed by atoms with Crippen molar-refractivity contribution in [1.82, 2.24) is 10.2 Å². The van der Waals surface area contributed by atoms with E-state index in [1.165, 1.54) is 11.9 Å². The molecule has 4 amide bonds. The molecule has 2 fully saturated rings. The first-order chi connectivity index (χ1) is 12.5. The molecule has 1 aliphatic carbocycles. The number of nitrogens with zero attached hydrogens (tertiary/aromatic N) is 1. The molecule has 138 valence electrons. The molecule has 7 heteroatoms. The summed E-state index contributed by atoms with van der Waals surface area (Å²) < 4.78 is 0. The Morgan fingerprint density at radius 1 is 1.12 bits per heavy atom. The van der Waals surface area contributed by atoms with E-state index >= 15 is 0 Å². The summed E-state index contributed by atoms with van der Waals surface area (Å²) >= 11 is 0. The SMILES string of the molecule is CNC(=O)c1cccc(NC(=O)CCN2C(=O)[C@H]3CCCC[C@@H]3C2=O)c1. The maximum Gasteiger partial charge on any atom is 0.251 e. The Labute approximate surface area is 152 Å². The average Bonchev–Trinajstić information content (AvgIpc) is 2.90. The van der Waals surface area contributed by atoms with Crippen molar-refractivity contribution in [3.05, 3.63) is 29.8 Å². The van der Waals surface area contributed by atoms with Gasteiger partial charge in [-0.05, 0) is 31.0 Å². The van der Waals surface area contributed by atoms with Crippen LogP contribution in [0.1, 0.15) is 42.5 Å². The van der Waals surface area contributed by atoms with E-state index in [0.717, 1.165) is 25.7 Å². The second-order valence-corrected chi connectivity index (χ2v) is 6.78. The van der Waals surface area contributed by atoms with Gasteiger partial charge in [0.25, 0.3) is 5.91 Å². The summed E-state index contributed by atoms with van der Waals surface area (Å²) in [5, 5.41) is 5.23. The zero-order valence-corrected chi connectivity index (χ0v) is 14.8. The summed E-state index contributed by atoms with van der Waals surface area (Å²) in [4.78, 5) is 49.9. The Bertz CT molecular complexity index is 722. The first kappa shape index (κ1) is 18.1. The molecule has 26 heavy (non-hydrogen) atoms. The van der Waals surface area contributed by atoms with Gasteiger partial charge in [-0.2, -0.15) is 0 Å². The fraction of sp³-hybridized carbons (Fsp3) is 0.474. The van der Waals surface area contributed by atoms with Crippen molar-refractivity contribution in [2.45, 2.75) is 32.1 Å². The van der Waals surface area contributed by atoms with Crippen LogP contribution in [-0.2, 0) is 14.4 Å². The van der Waals surface area contributed by atoms with Gasteiger partial charge in [0.15, 0.2) is 0 Å². The van der Waals surface area contributed by atoms with Crippen molar-refractivity contribution in [2.75, 3.05) is 18.9 Å². The average molecular weight is 357 g/mol. The highest BCUT2D eigenvalue weighted by Crippen LogP contribution is 2.37. The Morgan fingerprint density at radius 3 is 2.38 bits per heavy atom. The minimum absolute atomic E-state index is 0.0428. The lowest BCUT2D eigenvalue weighted by Gasteiger charge is -2.19. The molecule has 0 bridgehead atoms. The number of hydrogen-bond donors (Lipinski definition) is 2. The van der Waals surface area contributed by atoms with E-state index in [4.69, 9.17) is 0 Å². The smallest absolute Gasteiger partial charge is 0.251 e. The normalized spacial score (nSPS) is 22.1. The van der Waals surface area contributed by atoms with Crippen molar-refractivity contribution < 1.29 is 19.2 Å². The van der Waals surface area contributed by atoms with Crippen molar-refractivity contribution in [2.24, 2.45) is 11.8 Å². The first-order valence-electron chi connectivity index (χ1n) is 8.98. The van der Waals surface area contributed by atoms with Crippen LogP contribution in [0.2, 0.25) is 0 Å². The van der Waals surface area contributed by atoms with Crippen LogP contribution >= 0.6 is 0 Å². The van der Waals surface area contributed by atoms with Crippen LogP contribution in [0, 0.1) is 11.8 Å². The Kier molecular flexibility index (Phi) is 5.35. The van der Waals surface area contributed by atoms with Crippen molar-refractivity contribution in [3.63, 3.8) is 0 Å². The number of fused-ring (bicyclic) bond motifs is 1. The monoisotopic (exact) mass is 357 g/mol. The lowest BCUT2D eigenvalue weighted by atomic mass is 9.81. The van der Waals surface area contributed by atoms with E-state index in [2.05, 4.69) is 10.6 Å². The molecule has 0 radical (unpaired) electrons. The Morgan fingerprint density at radius 2 is 1.77 bits per heavy atom. The van der Waals surface area contributed by atoms with Gasteiger partial charge in [-0.25, -0.2) is 0 Å². The number of likely N-dealkylation sites (tertiary alicyclic amines) is 1. The zero-order chi connectivity index (χ0) is 18.7. The van der Waals surface area contributed by atoms with E-state index < -0.39 is 0 Å². The molecule has 2 aliphatic rings. The molecular formula is C19H23N3O4. The topological polar surface area (TPSA) is 95.6 Å². The van der Waals surface area contributed by atoms with Crippen LogP contribution in [0.4, 0.5) is 5.69 Å². The van der Waals surface area contributed by atoms with Gasteiger partial charge in [-0.15, -0.1) is 0 Å². The predicted octanol–water partition coefficient (Wildman–Crippen LogP) is 1.55. The van der Waals surface area contributed by atoms with Gasteiger partial charge in [0.05, 0.1) is 11.8 Å². The third kappa shape index (κ3) is 3.61. The van der Waals surface area contributed by atoms with Crippen molar-refractivity contribution >= 4 is 29.3 Å². The molecule has 1 saturated carbocycles. The number of carbonyl (C=O) groups excluding carboxylic acids is 4. The van der Waals surface area contributed by atoms with Gasteiger partial charge >= 0.3 is 0 Å². The largest absolute Gasteiger partial charge is 0.355 e. The maximum atomic E-state index is 12.4. The lowest BCUT2D eigenvalue weighted by Crippen LogP contribution is -2.34. The number of anilines is 1. The number of rotatable bonds is 5. The number of amides is 4. The summed E-state index contributed by atoms with van der Waals surface area (Å²) in [5.41, 5.74) is 0.947. The highest BCUT2D eigenvalue weighted by molar-refractivity contribution is 6.05. The summed E-state index contributed by atoms with van der Waals surface area (Å²) in [6.45, 7) is 0.103. The van der Waals surface area contributed by atoms with Gasteiger partial charge < -0.3 is 10.6 Å². The third-order valence-corrected chi connectivity index (χ3v) is 5.13. The van der Waals surface area contributed by atoms with E-state index in [0.29, 0.717) is 11.3 Å². The quantitative estimate of drug-likeness (QED) is 0.782. The number of hydrogen-bond acceptors (Lipinski definition) is 4. The summed E-state index contributed by atoms with van der Waals surface area (Å²) in [6.07, 6.45) is 3.54. The van der Waals surface area contributed by atoms with Gasteiger partial charge in [0, 0.05) is 31.3 Å². The molecular weight excluding hydrogens is 334 g/mol. The van der Waals surface area contributed by atoms with Crippen molar-refractivity contribution in [1.29, 1.82) is 0 Å². The third-order valence-electron chi connectivity index (χ3n) is 5.13. The molecule has 2 atom stereocenters. The molecule has 1 saturated heterocycles. The zero-order valence-electron chi connectivity index (χ0n) is 14.8. The summed E-state index contributed by atoms with van der Waals surface area (Å²) in [7, 11) is 1.54. The number of nitrogens with one attached hydrogen (secondary N) is 2. The molecule has 1 heterocycles. The van der Waals surface area contributed by atoms with E-state index in [1.807, 2.05) is 0 Å². The van der Waals surface area contributed by atoms with Crippen LogP contribution in [0.3, 0.4) is 0 Å². The minimum atomic E-state index is -0.297. The van der Waals surface area contributed by atoms with Crippen molar-refractivity contribution in [3.8, 4) is 0 Å². The predicted molar refractivity (Wildman–Crippen MR) is 95.2 cm³/mol. The maximum absolute atomic E-state index is 12.4. The molecule has 1 aliphatic heterocycles. The standard InChI is InChI=1S/C19H23N3O4/c1-20-17(24)12-5-4-6-13(11-12)21-16(23)9-10-22-18(25)14-7-2-3-8-15(14)19(22)26/h4-6,11,14-15H,2-3,7-10H2,1H3,(H,20,24)(H,21,23)/t14-,15-/m0/s1. The number of carbonyl (C=O) groups is 4. The fourth-order valence-electron chi connectivity index (χ4n) is 3.77. The van der Waals surface area contributed by atoms with E-state index in [1.54, 1.807) is 24.3 Å². The Balaban J connectivity index is 1.57. The highest BCUT2D eigenvalue weighted by atomic mass is 16.2. The van der Waals surface area contributed by atoms with Gasteiger partial charge in [-0.1, -0.05) is 18.9 Å². The van der Waals surface area contributed by atoms with Gasteiger partial charge in [0.1, 0.15) is 0 Å². The second kappa shape index (κ2) is 7.68. The molecule has 2 N–H and O–H groups in total. The second-order valence-electron chi connectivity index (χ2n) is 6.78. The van der Waals surface area contributed by atoms with E-state index in [9.17, 15) is 19.2 Å². The molecule has 1 aromatic carbocycles. The summed E-state index contributed by atoms with van der Waals surface area (Å²) in [6, 6.07) is 6.60. The van der Waals surface area contributed by atoms with Crippen LogP contribution < -0.4 is 10.6 Å². The van der Waals surface area contributed by atoms with Crippen LogP contribution in [0.5, 0.6) is 0 Å². The van der Waals surface area contributed by atoms with Crippen LogP contribution in [-0.4, -0.2) is 42.1 Å². The van der Waals surface area contributed by atoms with E-state index in [-0.39, 0.29) is 48.4 Å². The molecule has 3 rings (SSSR count). The Hall–Kier alpha value is -2.70. The van der Waals surface area contributed by atoms with Gasteiger partial charge in [-0.3, -0.25) is 24.1 Å². The van der Waals surface area contributed by atoms with Gasteiger partial charge in [0.2, 0.25) is 17.7 Å². The molecule has 1 aromatic rings. The minimum Gasteiger partial charge on any atom is -0.355 e. The van der Waals surface area contributed by atoms with Crippen LogP contribution in [0.25, 0.3) is 0 Å². The number of imide groups is 1. The molecule has 7 nitrogen and oxygen atoms in total. The van der Waals surface area contributed by atoms with Crippen LogP contribution in [0.15, 0.2) is 24.3 Å².